The highest BCUT2D eigenvalue weighted by Crippen LogP contribution is 2.49. The van der Waals surface area contributed by atoms with Crippen molar-refractivity contribution in [2.45, 2.75) is 122 Å². The number of rotatable bonds is 8. The van der Waals surface area contributed by atoms with Crippen LogP contribution in [0.4, 0.5) is 0 Å². The van der Waals surface area contributed by atoms with Crippen LogP contribution in [0, 0.1) is 11.8 Å². The van der Waals surface area contributed by atoms with Crippen molar-refractivity contribution in [2.24, 2.45) is 17.6 Å². The van der Waals surface area contributed by atoms with Gasteiger partial charge in [0.1, 0.15) is 5.60 Å². The van der Waals surface area contributed by atoms with Crippen LogP contribution in [-0.2, 0) is 18.3 Å². The molecule has 0 aromatic carbocycles. The van der Waals surface area contributed by atoms with Crippen LogP contribution in [0.1, 0.15) is 61.8 Å². The molecule has 2 rings (SSSR count). The average molecular weight is 490 g/mol. The Morgan fingerprint density at radius 2 is 1.38 bits per heavy atom. The van der Waals surface area contributed by atoms with Crippen LogP contribution in [0.2, 0.25) is 36.3 Å². The predicted octanol–water partition coefficient (Wildman–Crippen LogP) is 4.88. The van der Waals surface area contributed by atoms with Gasteiger partial charge in [0.25, 0.3) is 0 Å². The van der Waals surface area contributed by atoms with Crippen LogP contribution >= 0.6 is 0 Å². The Labute approximate surface area is 199 Å². The summed E-state index contributed by atoms with van der Waals surface area (Å²) in [7, 11) is -3.92. The second-order valence-corrected chi connectivity index (χ2v) is 23.2. The number of ether oxygens (including phenoxy) is 2. The molecule has 0 radical (unpaired) electrons. The van der Waals surface area contributed by atoms with E-state index in [9.17, 15) is 5.11 Å². The maximum absolute atomic E-state index is 11.7. The monoisotopic (exact) mass is 489 g/mol. The van der Waals surface area contributed by atoms with Crippen molar-refractivity contribution in [3.8, 4) is 0 Å². The SMILES string of the molecule is CC1(C)O[C@H]2[C@H](CO[Si](C)(C)C(C)(C)C)C[C@H]([C@](O)(CN)CO[Si](C)(C)C(C)(C)C)[C@H]2O1. The third kappa shape index (κ3) is 5.87. The van der Waals surface area contributed by atoms with Crippen molar-refractivity contribution in [1.82, 2.24) is 0 Å². The van der Waals surface area contributed by atoms with Crippen molar-refractivity contribution >= 4 is 16.6 Å². The van der Waals surface area contributed by atoms with Gasteiger partial charge in [-0.2, -0.15) is 0 Å². The van der Waals surface area contributed by atoms with E-state index in [0.717, 1.165) is 6.42 Å². The number of aliphatic hydroxyl groups is 1. The van der Waals surface area contributed by atoms with Crippen molar-refractivity contribution < 1.29 is 23.4 Å². The normalized spacial score (nSPS) is 30.9. The molecule has 0 aromatic heterocycles. The lowest BCUT2D eigenvalue weighted by molar-refractivity contribution is -0.176. The van der Waals surface area contributed by atoms with Crippen LogP contribution in [0.25, 0.3) is 0 Å². The van der Waals surface area contributed by atoms with E-state index in [4.69, 9.17) is 24.1 Å². The minimum absolute atomic E-state index is 0.0647. The van der Waals surface area contributed by atoms with Crippen LogP contribution in [0.15, 0.2) is 0 Å². The summed E-state index contributed by atoms with van der Waals surface area (Å²) < 4.78 is 25.7. The minimum atomic E-state index is -2.03. The third-order valence-corrected chi connectivity index (χ3v) is 17.6. The van der Waals surface area contributed by atoms with Crippen LogP contribution in [0.3, 0.4) is 0 Å². The first-order chi connectivity index (χ1) is 14.2. The molecule has 3 N–H and O–H groups in total. The molecule has 32 heavy (non-hydrogen) atoms. The molecule has 1 saturated heterocycles. The maximum atomic E-state index is 11.7. The van der Waals surface area contributed by atoms with Gasteiger partial charge in [0.05, 0.1) is 18.8 Å². The smallest absolute Gasteiger partial charge is 0.192 e. The Balaban J connectivity index is 2.22. The summed E-state index contributed by atoms with van der Waals surface area (Å²) >= 11 is 0. The second-order valence-electron chi connectivity index (χ2n) is 13.6. The number of nitrogens with two attached hydrogens (primary N) is 1. The lowest BCUT2D eigenvalue weighted by atomic mass is 9.84. The number of hydrogen-bond acceptors (Lipinski definition) is 6. The molecule has 0 spiro atoms. The lowest BCUT2D eigenvalue weighted by Gasteiger charge is -2.42. The molecule has 1 aliphatic carbocycles. The van der Waals surface area contributed by atoms with Crippen LogP contribution < -0.4 is 5.73 Å². The van der Waals surface area contributed by atoms with E-state index >= 15 is 0 Å². The molecular weight excluding hydrogens is 438 g/mol. The van der Waals surface area contributed by atoms with E-state index < -0.39 is 28.0 Å². The highest BCUT2D eigenvalue weighted by atomic mass is 28.4. The fourth-order valence-corrected chi connectivity index (χ4v) is 6.25. The zero-order valence-corrected chi connectivity index (χ0v) is 24.8. The van der Waals surface area contributed by atoms with Crippen LogP contribution in [-0.4, -0.2) is 65.1 Å². The highest BCUT2D eigenvalue weighted by Gasteiger charge is 2.59. The molecule has 1 aliphatic heterocycles. The summed E-state index contributed by atoms with van der Waals surface area (Å²) in [6.07, 6.45) is 0.439. The van der Waals surface area contributed by atoms with Gasteiger partial charge in [0, 0.05) is 25.0 Å². The van der Waals surface area contributed by atoms with Crippen molar-refractivity contribution in [3.05, 3.63) is 0 Å². The van der Waals surface area contributed by atoms with Crippen molar-refractivity contribution in [1.29, 1.82) is 0 Å². The largest absolute Gasteiger partial charge is 0.416 e. The van der Waals surface area contributed by atoms with Gasteiger partial charge in [0.15, 0.2) is 22.4 Å². The molecule has 2 aliphatic rings. The molecule has 0 unspecified atom stereocenters. The first kappa shape index (κ1) is 28.4. The first-order valence-corrected chi connectivity index (χ1v) is 18.0. The van der Waals surface area contributed by atoms with E-state index in [1.54, 1.807) is 0 Å². The lowest BCUT2D eigenvalue weighted by Crippen LogP contribution is -2.55. The second kappa shape index (κ2) is 9.01. The number of fused-ring (bicyclic) bond motifs is 1. The maximum Gasteiger partial charge on any atom is 0.192 e. The zero-order valence-electron chi connectivity index (χ0n) is 22.8. The Kier molecular flexibility index (Phi) is 8.00. The van der Waals surface area contributed by atoms with E-state index in [1.807, 2.05) is 13.8 Å². The highest BCUT2D eigenvalue weighted by molar-refractivity contribution is 6.74. The minimum Gasteiger partial charge on any atom is -0.416 e. The molecule has 5 atom stereocenters. The van der Waals surface area contributed by atoms with Gasteiger partial charge in [-0.05, 0) is 56.5 Å². The predicted molar refractivity (Wildman–Crippen MR) is 136 cm³/mol. The van der Waals surface area contributed by atoms with Gasteiger partial charge in [0.2, 0.25) is 0 Å². The van der Waals surface area contributed by atoms with Crippen molar-refractivity contribution in [3.63, 3.8) is 0 Å². The molecule has 2 fully saturated rings. The fourth-order valence-electron chi connectivity index (χ4n) is 4.15. The summed E-state index contributed by atoms with van der Waals surface area (Å²) in [6.45, 7) is 27.2. The Morgan fingerprint density at radius 3 is 1.84 bits per heavy atom. The molecule has 8 heteroatoms. The Morgan fingerprint density at radius 1 is 0.906 bits per heavy atom. The summed E-state index contributed by atoms with van der Waals surface area (Å²) in [6, 6.07) is 0. The quantitative estimate of drug-likeness (QED) is 0.473. The van der Waals surface area contributed by atoms with Crippen molar-refractivity contribution in [2.75, 3.05) is 19.8 Å². The fraction of sp³-hybridized carbons (Fsp3) is 1.00. The van der Waals surface area contributed by atoms with Gasteiger partial charge < -0.3 is 29.2 Å². The van der Waals surface area contributed by atoms with E-state index in [0.29, 0.717) is 6.61 Å². The van der Waals surface area contributed by atoms with Gasteiger partial charge >= 0.3 is 0 Å². The Hall–Kier alpha value is 0.194. The van der Waals surface area contributed by atoms with Crippen LogP contribution in [0.5, 0.6) is 0 Å². The summed E-state index contributed by atoms with van der Waals surface area (Å²) in [5, 5.41) is 12.0. The van der Waals surface area contributed by atoms with Gasteiger partial charge in [-0.25, -0.2) is 0 Å². The molecule has 0 bridgehead atoms. The van der Waals surface area contributed by atoms with E-state index in [1.165, 1.54) is 0 Å². The van der Waals surface area contributed by atoms with E-state index in [2.05, 4.69) is 67.7 Å². The molecular formula is C24H51NO5Si2. The summed E-state index contributed by atoms with van der Waals surface area (Å²) in [5.41, 5.74) is 5.03. The first-order valence-electron chi connectivity index (χ1n) is 12.2. The summed E-state index contributed by atoms with van der Waals surface area (Å²) in [5.74, 6) is -0.678. The third-order valence-electron chi connectivity index (χ3n) is 8.58. The van der Waals surface area contributed by atoms with Gasteiger partial charge in [-0.1, -0.05) is 41.5 Å². The number of hydrogen-bond donors (Lipinski definition) is 2. The molecule has 1 saturated carbocycles. The Bertz CT molecular complexity index is 656. The molecule has 6 nitrogen and oxygen atoms in total. The van der Waals surface area contributed by atoms with Gasteiger partial charge in [-0.15, -0.1) is 0 Å². The molecule has 0 aromatic rings. The topological polar surface area (TPSA) is 83.2 Å². The van der Waals surface area contributed by atoms with Gasteiger partial charge in [-0.3, -0.25) is 0 Å². The average Bonchev–Trinajstić information content (AvgIpc) is 3.09. The molecule has 190 valence electrons. The molecule has 1 heterocycles. The standard InChI is InChI=1S/C24H51NO5Si2/c1-21(2,3)31(9,10)27-14-17-13-18(20-19(17)29-23(7,8)30-20)24(26,15-25)16-28-32(11,12)22(4,5)6/h17-20,26H,13-16,25H2,1-12H3/t17-,18-,19-,20+,24-/m0/s1. The summed E-state index contributed by atoms with van der Waals surface area (Å²) in [4.78, 5) is 0. The zero-order chi connectivity index (χ0) is 25.0. The van der Waals surface area contributed by atoms with E-state index in [-0.39, 0.29) is 47.3 Å². The molecule has 0 amide bonds.